The van der Waals surface area contributed by atoms with E-state index in [0.29, 0.717) is 12.3 Å². The summed E-state index contributed by atoms with van der Waals surface area (Å²) >= 11 is 0. The Labute approximate surface area is 121 Å². The van der Waals surface area contributed by atoms with Gasteiger partial charge < -0.3 is 10.2 Å². The van der Waals surface area contributed by atoms with Crippen LogP contribution in [0.2, 0.25) is 0 Å². The van der Waals surface area contributed by atoms with E-state index in [1.54, 1.807) is 0 Å². The molecule has 3 heteroatoms. The number of hydrogen-bond donors (Lipinski definition) is 2. The summed E-state index contributed by atoms with van der Waals surface area (Å²) in [4.78, 5) is 12.6. The second-order valence-corrected chi connectivity index (χ2v) is 6.24. The molecule has 3 aliphatic carbocycles. The maximum atomic E-state index is 12.6. The molecule has 3 aliphatic rings. The number of hydrogen-bond acceptors (Lipinski definition) is 3. The van der Waals surface area contributed by atoms with Crippen molar-refractivity contribution in [2.45, 2.75) is 59.0 Å². The summed E-state index contributed by atoms with van der Waals surface area (Å²) in [6, 6.07) is 0. The smallest absolute Gasteiger partial charge is 0.149 e. The summed E-state index contributed by atoms with van der Waals surface area (Å²) < 4.78 is 0. The van der Waals surface area contributed by atoms with Crippen molar-refractivity contribution in [2.24, 2.45) is 17.3 Å². The standard InChI is InChI=1S/C15H20O3.C2H6/c1-9-4-6-15(7-5-9)8-10-11(16)2-3-12(17)13(10)14(15)18;1-2/h2-3,9,12-13,16-17H,4-8H2,1H3;1-2H3. The van der Waals surface area contributed by atoms with E-state index in [-0.39, 0.29) is 17.0 Å². The van der Waals surface area contributed by atoms with Gasteiger partial charge in [0.1, 0.15) is 11.5 Å². The van der Waals surface area contributed by atoms with Gasteiger partial charge in [-0.2, -0.15) is 0 Å². The third kappa shape index (κ3) is 2.32. The maximum absolute atomic E-state index is 12.6. The van der Waals surface area contributed by atoms with Crippen LogP contribution in [0.25, 0.3) is 0 Å². The first-order chi connectivity index (χ1) is 9.53. The lowest BCUT2D eigenvalue weighted by Gasteiger charge is -2.34. The molecule has 0 aromatic carbocycles. The number of carbonyl (C=O) groups excluding carboxylic acids is 1. The van der Waals surface area contributed by atoms with E-state index < -0.39 is 12.0 Å². The minimum absolute atomic E-state index is 0.160. The molecule has 2 unspecified atom stereocenters. The second-order valence-electron chi connectivity index (χ2n) is 6.24. The zero-order valence-corrected chi connectivity index (χ0v) is 12.7. The summed E-state index contributed by atoms with van der Waals surface area (Å²) in [5.74, 6) is 0.571. The largest absolute Gasteiger partial charge is 0.508 e. The summed E-state index contributed by atoms with van der Waals surface area (Å²) in [6.07, 6.45) is 6.95. The van der Waals surface area contributed by atoms with Crippen LogP contribution in [0.4, 0.5) is 0 Å². The Bertz CT molecular complexity index is 439. The molecule has 0 aromatic rings. The van der Waals surface area contributed by atoms with Crippen LogP contribution in [0.15, 0.2) is 23.5 Å². The Kier molecular flexibility index (Phi) is 4.38. The lowest BCUT2D eigenvalue weighted by atomic mass is 9.68. The topological polar surface area (TPSA) is 57.5 Å². The zero-order valence-electron chi connectivity index (χ0n) is 12.7. The summed E-state index contributed by atoms with van der Waals surface area (Å²) in [5.41, 5.74) is 0.470. The Balaban J connectivity index is 0.000000704. The number of aliphatic hydroxyl groups is 2. The molecule has 0 saturated heterocycles. The average molecular weight is 278 g/mol. The van der Waals surface area contributed by atoms with Crippen LogP contribution in [0.1, 0.15) is 52.9 Å². The molecule has 20 heavy (non-hydrogen) atoms. The quantitative estimate of drug-likeness (QED) is 0.712. The number of rotatable bonds is 0. The van der Waals surface area contributed by atoms with Crippen LogP contribution in [0.5, 0.6) is 0 Å². The molecular weight excluding hydrogens is 252 g/mol. The lowest BCUT2D eigenvalue weighted by Crippen LogP contribution is -2.36. The molecule has 3 nitrogen and oxygen atoms in total. The van der Waals surface area contributed by atoms with Crippen LogP contribution in [-0.4, -0.2) is 22.1 Å². The average Bonchev–Trinajstić information content (AvgIpc) is 2.75. The van der Waals surface area contributed by atoms with E-state index in [0.717, 1.165) is 31.3 Å². The first-order valence-corrected chi connectivity index (χ1v) is 7.86. The Morgan fingerprint density at radius 3 is 2.40 bits per heavy atom. The highest BCUT2D eigenvalue weighted by atomic mass is 16.3. The SMILES string of the molecule is CC.CC1CCC2(CC1)CC1=C(O)C=CC(O)C1C2=O. The van der Waals surface area contributed by atoms with Crippen molar-refractivity contribution in [3.63, 3.8) is 0 Å². The number of Topliss-reactive ketones (excluding diaryl/α,β-unsaturated/α-hetero) is 1. The normalized spacial score (nSPS) is 39.6. The maximum Gasteiger partial charge on any atom is 0.149 e. The van der Waals surface area contributed by atoms with E-state index in [2.05, 4.69) is 6.92 Å². The first kappa shape index (κ1) is 15.3. The lowest BCUT2D eigenvalue weighted by molar-refractivity contribution is -0.132. The molecule has 2 N–H and O–H groups in total. The van der Waals surface area contributed by atoms with Gasteiger partial charge in [0, 0.05) is 5.41 Å². The van der Waals surface area contributed by atoms with Crippen molar-refractivity contribution in [3.05, 3.63) is 23.5 Å². The van der Waals surface area contributed by atoms with E-state index in [9.17, 15) is 15.0 Å². The molecule has 3 rings (SSSR count). The molecule has 0 bridgehead atoms. The summed E-state index contributed by atoms with van der Waals surface area (Å²) in [7, 11) is 0. The van der Waals surface area contributed by atoms with Crippen molar-refractivity contribution in [3.8, 4) is 0 Å². The predicted molar refractivity (Wildman–Crippen MR) is 79.3 cm³/mol. The molecule has 2 fully saturated rings. The van der Waals surface area contributed by atoms with Gasteiger partial charge in [0.05, 0.1) is 12.0 Å². The van der Waals surface area contributed by atoms with Crippen LogP contribution in [-0.2, 0) is 4.79 Å². The molecule has 0 heterocycles. The van der Waals surface area contributed by atoms with E-state index >= 15 is 0 Å². The van der Waals surface area contributed by atoms with Gasteiger partial charge >= 0.3 is 0 Å². The molecule has 0 aliphatic heterocycles. The summed E-state index contributed by atoms with van der Waals surface area (Å²) in [5, 5.41) is 19.9. The minimum Gasteiger partial charge on any atom is -0.508 e. The fourth-order valence-corrected chi connectivity index (χ4v) is 3.81. The number of carbonyl (C=O) groups is 1. The second kappa shape index (κ2) is 5.72. The van der Waals surface area contributed by atoms with Crippen molar-refractivity contribution in [1.82, 2.24) is 0 Å². The summed E-state index contributed by atoms with van der Waals surface area (Å²) in [6.45, 7) is 6.23. The third-order valence-electron chi connectivity index (χ3n) is 5.06. The zero-order chi connectivity index (χ0) is 14.9. The van der Waals surface area contributed by atoms with Crippen molar-refractivity contribution >= 4 is 5.78 Å². The van der Waals surface area contributed by atoms with Crippen LogP contribution in [0.3, 0.4) is 0 Å². The molecule has 112 valence electrons. The molecule has 1 spiro atoms. The van der Waals surface area contributed by atoms with Crippen molar-refractivity contribution in [1.29, 1.82) is 0 Å². The van der Waals surface area contributed by atoms with Gasteiger partial charge in [-0.25, -0.2) is 0 Å². The molecule has 2 saturated carbocycles. The van der Waals surface area contributed by atoms with Crippen molar-refractivity contribution < 1.29 is 15.0 Å². The number of fused-ring (bicyclic) bond motifs is 1. The van der Waals surface area contributed by atoms with Gasteiger partial charge in [0.25, 0.3) is 0 Å². The molecule has 0 aromatic heterocycles. The predicted octanol–water partition coefficient (Wildman–Crippen LogP) is 3.54. The van der Waals surface area contributed by atoms with E-state index in [1.807, 2.05) is 13.8 Å². The third-order valence-corrected chi connectivity index (χ3v) is 5.06. The van der Waals surface area contributed by atoms with Gasteiger partial charge in [-0.15, -0.1) is 0 Å². The van der Waals surface area contributed by atoms with Crippen LogP contribution < -0.4 is 0 Å². The number of aliphatic hydroxyl groups excluding tert-OH is 2. The Morgan fingerprint density at radius 1 is 1.25 bits per heavy atom. The highest BCUT2D eigenvalue weighted by Gasteiger charge is 2.54. The van der Waals surface area contributed by atoms with Gasteiger partial charge in [0.15, 0.2) is 0 Å². The Hall–Kier alpha value is -1.09. The highest BCUT2D eigenvalue weighted by molar-refractivity contribution is 5.94. The van der Waals surface area contributed by atoms with Gasteiger partial charge in [-0.1, -0.05) is 26.8 Å². The fraction of sp³-hybridized carbons (Fsp3) is 0.706. The number of ketones is 1. The highest BCUT2D eigenvalue weighted by Crippen LogP contribution is 2.54. The van der Waals surface area contributed by atoms with Crippen LogP contribution >= 0.6 is 0 Å². The molecule has 0 amide bonds. The molecule has 2 atom stereocenters. The molecular formula is C17H26O3. The Morgan fingerprint density at radius 2 is 1.85 bits per heavy atom. The fourth-order valence-electron chi connectivity index (χ4n) is 3.81. The van der Waals surface area contributed by atoms with Gasteiger partial charge in [-0.3, -0.25) is 4.79 Å². The van der Waals surface area contributed by atoms with E-state index in [1.165, 1.54) is 12.2 Å². The van der Waals surface area contributed by atoms with Gasteiger partial charge in [-0.05, 0) is 49.7 Å². The monoisotopic (exact) mass is 278 g/mol. The van der Waals surface area contributed by atoms with Crippen molar-refractivity contribution in [2.75, 3.05) is 0 Å². The number of allylic oxidation sites excluding steroid dienone is 1. The van der Waals surface area contributed by atoms with Crippen LogP contribution in [0, 0.1) is 17.3 Å². The minimum atomic E-state index is -0.748. The first-order valence-electron chi connectivity index (χ1n) is 7.86. The van der Waals surface area contributed by atoms with E-state index in [4.69, 9.17) is 0 Å². The molecule has 0 radical (unpaired) electrons. The van der Waals surface area contributed by atoms with Gasteiger partial charge in [0.2, 0.25) is 0 Å².